The minimum absolute atomic E-state index is 0. The highest BCUT2D eigenvalue weighted by Crippen LogP contribution is 2.14. The van der Waals surface area contributed by atoms with Gasteiger partial charge in [-0.25, -0.2) is 5.01 Å². The molecule has 8 nitrogen and oxygen atoms in total. The van der Waals surface area contributed by atoms with Crippen molar-refractivity contribution in [3.05, 3.63) is 58.1 Å². The molecule has 0 aliphatic carbocycles. The van der Waals surface area contributed by atoms with Crippen LogP contribution in [0.5, 0.6) is 0 Å². The molecular formula is C14H15ClN4O4. The number of hydrogen-bond acceptors (Lipinski definition) is 6. The molecule has 1 amide bonds. The van der Waals surface area contributed by atoms with Crippen LogP contribution in [0.15, 0.2) is 46.0 Å². The number of amides is 1. The van der Waals surface area contributed by atoms with Gasteiger partial charge in [-0.2, -0.15) is 5.10 Å². The van der Waals surface area contributed by atoms with Crippen LogP contribution in [0.2, 0.25) is 0 Å². The first kappa shape index (κ1) is 18.3. The minimum atomic E-state index is -0.638. The number of rotatable bonds is 6. The average molecular weight is 339 g/mol. The van der Waals surface area contributed by atoms with Crippen molar-refractivity contribution in [1.82, 2.24) is 9.99 Å². The number of hydrazone groups is 1. The summed E-state index contributed by atoms with van der Waals surface area (Å²) in [6.07, 6.45) is 3.50. The Morgan fingerprint density at radius 1 is 1.43 bits per heavy atom. The number of carbonyl (C=O) groups excluding carboxylic acids is 1. The molecular weight excluding hydrogens is 324 g/mol. The molecule has 0 aliphatic rings. The molecule has 0 unspecified atom stereocenters. The van der Waals surface area contributed by atoms with Gasteiger partial charge in [-0.3, -0.25) is 19.9 Å². The Morgan fingerprint density at radius 2 is 2.22 bits per heavy atom. The molecule has 2 heterocycles. The zero-order valence-electron chi connectivity index (χ0n) is 12.3. The second-order valence-electron chi connectivity index (χ2n) is 4.39. The Hall–Kier alpha value is -2.74. The third-order valence-corrected chi connectivity index (χ3v) is 2.79. The molecule has 0 aromatic carbocycles. The lowest BCUT2D eigenvalue weighted by Gasteiger charge is -2.14. The quantitative estimate of drug-likeness (QED) is 0.457. The molecule has 0 radical (unpaired) electrons. The maximum absolute atomic E-state index is 11.6. The van der Waals surface area contributed by atoms with Gasteiger partial charge in [0.2, 0.25) is 5.91 Å². The van der Waals surface area contributed by atoms with E-state index in [1.165, 1.54) is 30.3 Å². The highest BCUT2D eigenvalue weighted by atomic mass is 35.5. The van der Waals surface area contributed by atoms with Gasteiger partial charge >= 0.3 is 5.88 Å². The smallest absolute Gasteiger partial charge is 0.400 e. The number of pyridine rings is 1. The predicted octanol–water partition coefficient (Wildman–Crippen LogP) is 2.43. The minimum Gasteiger partial charge on any atom is -0.400 e. The van der Waals surface area contributed by atoms with Crippen molar-refractivity contribution in [3.63, 3.8) is 0 Å². The lowest BCUT2D eigenvalue weighted by molar-refractivity contribution is -0.402. The molecule has 0 spiro atoms. The zero-order chi connectivity index (χ0) is 15.9. The van der Waals surface area contributed by atoms with Crippen molar-refractivity contribution in [2.24, 2.45) is 5.10 Å². The van der Waals surface area contributed by atoms with Gasteiger partial charge in [-0.1, -0.05) is 6.07 Å². The standard InChI is InChI=1S/C14H14N4O4.ClH/c1-11(19)17(9-7-12-4-2-3-8-15-12)16-10-13-5-6-14(22-13)18(20)21;/h2-6,8,10H,7,9H2,1H3;1H/b16-10+;. The fourth-order valence-corrected chi connectivity index (χ4v) is 1.70. The van der Waals surface area contributed by atoms with Crippen molar-refractivity contribution in [2.75, 3.05) is 6.54 Å². The zero-order valence-corrected chi connectivity index (χ0v) is 13.1. The predicted molar refractivity (Wildman–Crippen MR) is 85.5 cm³/mol. The Bertz CT molecular complexity index is 687. The molecule has 0 saturated carbocycles. The van der Waals surface area contributed by atoms with E-state index in [4.69, 9.17) is 4.42 Å². The van der Waals surface area contributed by atoms with Gasteiger partial charge in [-0.15, -0.1) is 12.4 Å². The molecule has 9 heteroatoms. The molecule has 0 atom stereocenters. The largest absolute Gasteiger partial charge is 0.433 e. The number of halogens is 1. The lowest BCUT2D eigenvalue weighted by atomic mass is 10.2. The molecule has 23 heavy (non-hydrogen) atoms. The number of furan rings is 1. The number of aromatic nitrogens is 1. The Labute approximate surface area is 138 Å². The van der Waals surface area contributed by atoms with Crippen molar-refractivity contribution in [3.8, 4) is 0 Å². The van der Waals surface area contributed by atoms with E-state index in [0.29, 0.717) is 13.0 Å². The van der Waals surface area contributed by atoms with Crippen molar-refractivity contribution in [1.29, 1.82) is 0 Å². The van der Waals surface area contributed by atoms with Crippen LogP contribution in [0.3, 0.4) is 0 Å². The number of nitro groups is 1. The van der Waals surface area contributed by atoms with Gasteiger partial charge in [0.05, 0.1) is 18.8 Å². The van der Waals surface area contributed by atoms with Gasteiger partial charge in [0.25, 0.3) is 0 Å². The third-order valence-electron chi connectivity index (χ3n) is 2.79. The van der Waals surface area contributed by atoms with Crippen LogP contribution in [0, 0.1) is 10.1 Å². The summed E-state index contributed by atoms with van der Waals surface area (Å²) in [5.74, 6) is -0.409. The van der Waals surface area contributed by atoms with E-state index < -0.39 is 4.92 Å². The summed E-state index contributed by atoms with van der Waals surface area (Å²) >= 11 is 0. The van der Waals surface area contributed by atoms with Gasteiger partial charge in [0.15, 0.2) is 5.76 Å². The summed E-state index contributed by atoms with van der Waals surface area (Å²) in [4.78, 5) is 25.6. The number of hydrogen-bond donors (Lipinski definition) is 0. The van der Waals surface area contributed by atoms with Crippen LogP contribution in [0.1, 0.15) is 18.4 Å². The molecule has 0 saturated heterocycles. The first-order valence-corrected chi connectivity index (χ1v) is 6.52. The van der Waals surface area contributed by atoms with E-state index in [1.807, 2.05) is 18.2 Å². The Kier molecular flexibility index (Phi) is 6.88. The van der Waals surface area contributed by atoms with Crippen LogP contribution in [-0.4, -0.2) is 33.6 Å². The first-order chi connectivity index (χ1) is 10.6. The van der Waals surface area contributed by atoms with Crippen LogP contribution in [0.4, 0.5) is 5.88 Å². The van der Waals surface area contributed by atoms with Crippen LogP contribution < -0.4 is 0 Å². The summed E-state index contributed by atoms with van der Waals surface area (Å²) in [7, 11) is 0. The van der Waals surface area contributed by atoms with E-state index in [2.05, 4.69) is 10.1 Å². The lowest BCUT2D eigenvalue weighted by Crippen LogP contribution is -2.25. The van der Waals surface area contributed by atoms with Crippen molar-refractivity contribution in [2.45, 2.75) is 13.3 Å². The highest BCUT2D eigenvalue weighted by molar-refractivity contribution is 5.85. The first-order valence-electron chi connectivity index (χ1n) is 6.52. The maximum Gasteiger partial charge on any atom is 0.433 e. The molecule has 0 N–H and O–H groups in total. The summed E-state index contributed by atoms with van der Waals surface area (Å²) in [5, 5.41) is 15.8. The van der Waals surface area contributed by atoms with E-state index in [-0.39, 0.29) is 30.0 Å². The monoisotopic (exact) mass is 338 g/mol. The van der Waals surface area contributed by atoms with Crippen molar-refractivity contribution >= 4 is 30.4 Å². The SMILES string of the molecule is CC(=O)N(CCc1ccccn1)/N=C/c1ccc([N+](=O)[O-])o1.Cl. The van der Waals surface area contributed by atoms with E-state index in [1.54, 1.807) is 6.20 Å². The van der Waals surface area contributed by atoms with Gasteiger partial charge in [0, 0.05) is 25.2 Å². The van der Waals surface area contributed by atoms with Gasteiger partial charge < -0.3 is 4.42 Å². The summed E-state index contributed by atoms with van der Waals surface area (Å²) in [5.41, 5.74) is 0.845. The van der Waals surface area contributed by atoms with Gasteiger partial charge in [-0.05, 0) is 18.2 Å². The number of carbonyl (C=O) groups is 1. The second kappa shape index (κ2) is 8.64. The van der Waals surface area contributed by atoms with Gasteiger partial charge in [0.1, 0.15) is 4.92 Å². The summed E-state index contributed by atoms with van der Waals surface area (Å²) in [6.45, 7) is 1.74. The maximum atomic E-state index is 11.6. The van der Waals surface area contributed by atoms with Crippen LogP contribution in [0.25, 0.3) is 0 Å². The van der Waals surface area contributed by atoms with E-state index >= 15 is 0 Å². The fourth-order valence-electron chi connectivity index (χ4n) is 1.70. The van der Waals surface area contributed by atoms with E-state index in [9.17, 15) is 14.9 Å². The van der Waals surface area contributed by atoms with E-state index in [0.717, 1.165) is 5.69 Å². The fraction of sp³-hybridized carbons (Fsp3) is 0.214. The summed E-state index contributed by atoms with van der Waals surface area (Å²) in [6, 6.07) is 8.18. The second-order valence-corrected chi connectivity index (χ2v) is 4.39. The molecule has 122 valence electrons. The Balaban J connectivity index is 0.00000264. The Morgan fingerprint density at radius 3 is 2.78 bits per heavy atom. The summed E-state index contributed by atoms with van der Waals surface area (Å²) < 4.78 is 4.94. The normalized spacial score (nSPS) is 10.3. The average Bonchev–Trinajstić information content (AvgIpc) is 2.97. The molecule has 0 bridgehead atoms. The van der Waals surface area contributed by atoms with Crippen LogP contribution in [-0.2, 0) is 11.2 Å². The highest BCUT2D eigenvalue weighted by Gasteiger charge is 2.11. The molecule has 0 aliphatic heterocycles. The van der Waals surface area contributed by atoms with Crippen LogP contribution >= 0.6 is 12.4 Å². The topological polar surface area (TPSA) is 102 Å². The molecule has 0 fully saturated rings. The van der Waals surface area contributed by atoms with Crippen molar-refractivity contribution < 1.29 is 14.1 Å². The molecule has 2 aromatic rings. The molecule has 2 aromatic heterocycles. The number of nitrogens with zero attached hydrogens (tertiary/aromatic N) is 4. The third kappa shape index (κ3) is 5.51. The molecule has 2 rings (SSSR count).